The second-order valence-electron chi connectivity index (χ2n) is 7.71. The van der Waals surface area contributed by atoms with Crippen molar-refractivity contribution in [2.24, 2.45) is 0 Å². The summed E-state index contributed by atoms with van der Waals surface area (Å²) in [5, 5.41) is 5.57. The van der Waals surface area contributed by atoms with Crippen molar-refractivity contribution in [3.05, 3.63) is 96.1 Å². The maximum Gasteiger partial charge on any atom is 0.323 e. The van der Waals surface area contributed by atoms with Crippen LogP contribution < -0.4 is 10.6 Å². The number of carbonyl (C=O) groups excluding carboxylic acids is 2. The quantitative estimate of drug-likeness (QED) is 0.663. The van der Waals surface area contributed by atoms with Gasteiger partial charge in [-0.3, -0.25) is 4.79 Å². The Morgan fingerprint density at radius 3 is 2.00 bits per heavy atom. The topological polar surface area (TPSA) is 64.7 Å². The van der Waals surface area contributed by atoms with E-state index < -0.39 is 0 Å². The van der Waals surface area contributed by atoms with E-state index in [-0.39, 0.29) is 18.0 Å². The van der Waals surface area contributed by atoms with Gasteiger partial charge in [-0.25, -0.2) is 4.79 Å². The number of piperazine rings is 1. The van der Waals surface area contributed by atoms with Crippen LogP contribution in [0.15, 0.2) is 84.9 Å². The van der Waals surface area contributed by atoms with E-state index in [1.54, 1.807) is 24.3 Å². The third kappa shape index (κ3) is 5.10. The van der Waals surface area contributed by atoms with Crippen LogP contribution in [0.4, 0.5) is 16.2 Å². The van der Waals surface area contributed by atoms with Gasteiger partial charge in [0, 0.05) is 36.6 Å². The molecule has 0 aromatic heterocycles. The van der Waals surface area contributed by atoms with Gasteiger partial charge in [0.2, 0.25) is 0 Å². The van der Waals surface area contributed by atoms with Gasteiger partial charge < -0.3 is 20.4 Å². The molecule has 31 heavy (non-hydrogen) atoms. The highest BCUT2D eigenvalue weighted by Crippen LogP contribution is 2.27. The van der Waals surface area contributed by atoms with Gasteiger partial charge in [0.05, 0.1) is 6.04 Å². The maximum atomic E-state index is 13.3. The summed E-state index contributed by atoms with van der Waals surface area (Å²) in [6.07, 6.45) is 0. The molecule has 0 saturated carbocycles. The van der Waals surface area contributed by atoms with Crippen molar-refractivity contribution in [1.29, 1.82) is 0 Å². The lowest BCUT2D eigenvalue weighted by Crippen LogP contribution is -2.49. The molecule has 0 spiro atoms. The van der Waals surface area contributed by atoms with Crippen LogP contribution in [0.1, 0.15) is 22.0 Å². The number of carbonyl (C=O) groups is 2. The van der Waals surface area contributed by atoms with Crippen LogP contribution in [0.2, 0.25) is 0 Å². The van der Waals surface area contributed by atoms with Gasteiger partial charge in [-0.15, -0.1) is 0 Å². The monoisotopic (exact) mass is 414 g/mol. The summed E-state index contributed by atoms with van der Waals surface area (Å²) in [6, 6.07) is 26.1. The number of anilines is 2. The molecule has 6 nitrogen and oxygen atoms in total. The highest BCUT2D eigenvalue weighted by atomic mass is 16.2. The Bertz CT molecular complexity index is 1020. The third-order valence-electron chi connectivity index (χ3n) is 5.45. The number of nitrogens with zero attached hydrogens (tertiary/aromatic N) is 2. The van der Waals surface area contributed by atoms with Crippen molar-refractivity contribution in [3.8, 4) is 0 Å². The molecule has 158 valence electrons. The molecule has 4 rings (SSSR count). The molecule has 3 aromatic carbocycles. The Morgan fingerprint density at radius 2 is 1.35 bits per heavy atom. The van der Waals surface area contributed by atoms with Gasteiger partial charge in [0.15, 0.2) is 0 Å². The van der Waals surface area contributed by atoms with Crippen LogP contribution in [0, 0.1) is 0 Å². The van der Waals surface area contributed by atoms with E-state index in [1.165, 1.54) is 0 Å². The largest absolute Gasteiger partial charge is 0.329 e. The van der Waals surface area contributed by atoms with Gasteiger partial charge in [-0.05, 0) is 49.0 Å². The van der Waals surface area contributed by atoms with Crippen LogP contribution in [0.3, 0.4) is 0 Å². The van der Waals surface area contributed by atoms with E-state index in [1.807, 2.05) is 53.4 Å². The lowest BCUT2D eigenvalue weighted by atomic mass is 10.0. The number of amides is 3. The number of likely N-dealkylation sites (N-methyl/N-ethyl adjacent to an activating group) is 1. The van der Waals surface area contributed by atoms with Crippen LogP contribution in [-0.2, 0) is 0 Å². The molecule has 0 aliphatic carbocycles. The Hall–Kier alpha value is -3.64. The fourth-order valence-corrected chi connectivity index (χ4v) is 3.80. The minimum absolute atomic E-state index is 0.00207. The first-order valence-electron chi connectivity index (χ1n) is 10.4. The first-order valence-corrected chi connectivity index (χ1v) is 10.4. The lowest BCUT2D eigenvalue weighted by molar-refractivity contribution is 0.0498. The fourth-order valence-electron chi connectivity index (χ4n) is 3.80. The van der Waals surface area contributed by atoms with Crippen LogP contribution in [0.25, 0.3) is 0 Å². The van der Waals surface area contributed by atoms with Gasteiger partial charge >= 0.3 is 6.03 Å². The predicted octanol–water partition coefficient (Wildman–Crippen LogP) is 4.46. The van der Waals surface area contributed by atoms with Gasteiger partial charge in [-0.2, -0.15) is 0 Å². The molecule has 1 saturated heterocycles. The summed E-state index contributed by atoms with van der Waals surface area (Å²) < 4.78 is 0. The molecule has 1 heterocycles. The van der Waals surface area contributed by atoms with Crippen molar-refractivity contribution in [2.45, 2.75) is 6.04 Å². The first-order chi connectivity index (χ1) is 15.1. The zero-order chi connectivity index (χ0) is 21.6. The van der Waals surface area contributed by atoms with Gasteiger partial charge in [0.1, 0.15) is 0 Å². The Kier molecular flexibility index (Phi) is 6.29. The summed E-state index contributed by atoms with van der Waals surface area (Å²) in [5.74, 6) is 0.00207. The highest BCUT2D eigenvalue weighted by molar-refractivity contribution is 6.00. The molecule has 1 atom stereocenters. The van der Waals surface area contributed by atoms with E-state index in [2.05, 4.69) is 34.7 Å². The molecule has 3 aromatic rings. The molecular weight excluding hydrogens is 388 g/mol. The Morgan fingerprint density at radius 1 is 0.774 bits per heavy atom. The van der Waals surface area contributed by atoms with E-state index in [4.69, 9.17) is 0 Å². The standard InChI is InChI=1S/C25H26N4O2/c1-28-16-17-29(23(18-28)19-8-4-2-5-9-19)24(30)20-12-14-22(15-13-20)27-25(31)26-21-10-6-3-7-11-21/h2-15,23H,16-18H2,1H3,(H2,26,27,31). The summed E-state index contributed by atoms with van der Waals surface area (Å²) in [4.78, 5) is 29.6. The molecule has 1 unspecified atom stereocenters. The van der Waals surface area contributed by atoms with E-state index in [0.29, 0.717) is 23.5 Å². The molecule has 0 radical (unpaired) electrons. The SMILES string of the molecule is CN1CCN(C(=O)c2ccc(NC(=O)Nc3ccccc3)cc2)C(c2ccccc2)C1. The summed E-state index contributed by atoms with van der Waals surface area (Å²) in [6.45, 7) is 2.32. The maximum absolute atomic E-state index is 13.3. The second kappa shape index (κ2) is 9.45. The van der Waals surface area contributed by atoms with Crippen molar-refractivity contribution < 1.29 is 9.59 Å². The van der Waals surface area contributed by atoms with Crippen LogP contribution in [-0.4, -0.2) is 48.4 Å². The molecule has 1 aliphatic rings. The van der Waals surface area contributed by atoms with E-state index in [0.717, 1.165) is 18.7 Å². The zero-order valence-electron chi connectivity index (χ0n) is 17.5. The number of rotatable bonds is 4. The van der Waals surface area contributed by atoms with Crippen LogP contribution in [0.5, 0.6) is 0 Å². The number of nitrogens with one attached hydrogen (secondary N) is 2. The molecule has 0 bridgehead atoms. The van der Waals surface area contributed by atoms with Crippen molar-refractivity contribution in [1.82, 2.24) is 9.80 Å². The molecular formula is C25H26N4O2. The Balaban J connectivity index is 1.44. The van der Waals surface area contributed by atoms with E-state index >= 15 is 0 Å². The summed E-state index contributed by atoms with van der Waals surface area (Å²) in [7, 11) is 2.08. The highest BCUT2D eigenvalue weighted by Gasteiger charge is 2.30. The molecule has 1 aliphatic heterocycles. The van der Waals surface area contributed by atoms with Crippen molar-refractivity contribution >= 4 is 23.3 Å². The lowest BCUT2D eigenvalue weighted by Gasteiger charge is -2.40. The fraction of sp³-hybridized carbons (Fsp3) is 0.200. The van der Waals surface area contributed by atoms with Gasteiger partial charge in [-0.1, -0.05) is 48.5 Å². The van der Waals surface area contributed by atoms with Crippen molar-refractivity contribution in [2.75, 3.05) is 37.3 Å². The minimum Gasteiger partial charge on any atom is -0.329 e. The smallest absolute Gasteiger partial charge is 0.323 e. The summed E-state index contributed by atoms with van der Waals surface area (Å²) >= 11 is 0. The predicted molar refractivity (Wildman–Crippen MR) is 123 cm³/mol. The van der Waals surface area contributed by atoms with Gasteiger partial charge in [0.25, 0.3) is 5.91 Å². The Labute approximate surface area is 182 Å². The molecule has 1 fully saturated rings. The number of para-hydroxylation sites is 1. The normalized spacial score (nSPS) is 16.5. The van der Waals surface area contributed by atoms with Crippen molar-refractivity contribution in [3.63, 3.8) is 0 Å². The number of urea groups is 1. The molecule has 2 N–H and O–H groups in total. The van der Waals surface area contributed by atoms with Crippen LogP contribution >= 0.6 is 0 Å². The minimum atomic E-state index is -0.325. The average Bonchev–Trinajstić information content (AvgIpc) is 2.80. The number of hydrogen-bond donors (Lipinski definition) is 2. The zero-order valence-corrected chi connectivity index (χ0v) is 17.5. The van der Waals surface area contributed by atoms with E-state index in [9.17, 15) is 9.59 Å². The number of hydrogen-bond acceptors (Lipinski definition) is 3. The third-order valence-corrected chi connectivity index (χ3v) is 5.45. The molecule has 6 heteroatoms. The average molecular weight is 415 g/mol. The first kappa shape index (κ1) is 20.6. The summed E-state index contributed by atoms with van der Waals surface area (Å²) in [5.41, 5.74) is 3.09. The number of benzene rings is 3. The second-order valence-corrected chi connectivity index (χ2v) is 7.71. The molecule has 3 amide bonds.